The molecule has 1 amide bonds. The lowest BCUT2D eigenvalue weighted by Gasteiger charge is -2.32. The summed E-state index contributed by atoms with van der Waals surface area (Å²) in [7, 11) is 0. The highest BCUT2D eigenvalue weighted by Gasteiger charge is 2.32. The van der Waals surface area contributed by atoms with E-state index in [0.717, 1.165) is 37.8 Å². The number of carbonyl (C=O) groups is 1. The number of aromatic nitrogens is 3. The Morgan fingerprint density at radius 1 is 1.03 bits per heavy atom. The van der Waals surface area contributed by atoms with Gasteiger partial charge < -0.3 is 9.64 Å². The minimum absolute atomic E-state index is 0.0176. The number of hydrogen-bond acceptors (Lipinski definition) is 5. The van der Waals surface area contributed by atoms with Gasteiger partial charge in [-0.3, -0.25) is 4.79 Å². The van der Waals surface area contributed by atoms with Gasteiger partial charge in [0.1, 0.15) is 0 Å². The van der Waals surface area contributed by atoms with Crippen LogP contribution in [0.2, 0.25) is 0 Å². The summed E-state index contributed by atoms with van der Waals surface area (Å²) in [6.07, 6.45) is 2.19. The van der Waals surface area contributed by atoms with E-state index in [1.165, 1.54) is 41.0 Å². The lowest BCUT2D eigenvalue weighted by atomic mass is 10.1. The second-order valence-corrected chi connectivity index (χ2v) is 9.68. The summed E-state index contributed by atoms with van der Waals surface area (Å²) in [6.45, 7) is 1.09. The first-order chi connectivity index (χ1) is 16.4. The first kappa shape index (κ1) is 23.0. The smallest absolute Gasteiger partial charge is 0.375 e. The molecule has 3 heterocycles. The molecule has 0 atom stereocenters. The predicted octanol–water partition coefficient (Wildman–Crippen LogP) is 5.58. The van der Waals surface area contributed by atoms with E-state index in [0.29, 0.717) is 29.9 Å². The molecule has 2 fully saturated rings. The number of amides is 1. The first-order valence-electron chi connectivity index (χ1n) is 11.5. The van der Waals surface area contributed by atoms with Crippen LogP contribution < -0.4 is 0 Å². The van der Waals surface area contributed by atoms with E-state index in [-0.39, 0.29) is 23.5 Å². The zero-order valence-electron chi connectivity index (χ0n) is 18.5. The predicted molar refractivity (Wildman–Crippen MR) is 122 cm³/mol. The van der Waals surface area contributed by atoms with Gasteiger partial charge in [0.25, 0.3) is 5.91 Å². The molecule has 2 aliphatic rings. The number of piperidine rings is 1. The summed E-state index contributed by atoms with van der Waals surface area (Å²) in [4.78, 5) is 20.1. The third kappa shape index (κ3) is 4.88. The Balaban J connectivity index is 1.37. The molecule has 1 saturated heterocycles. The normalized spacial score (nSPS) is 18.0. The molecule has 0 radical (unpaired) electrons. The van der Waals surface area contributed by atoms with Gasteiger partial charge in [0.05, 0.1) is 28.3 Å². The molecular formula is C24H25F3N4O2S. The topological polar surface area (TPSA) is 60.2 Å². The van der Waals surface area contributed by atoms with Crippen LogP contribution in [0.3, 0.4) is 0 Å². The largest absolute Gasteiger partial charge is 0.416 e. The van der Waals surface area contributed by atoms with Gasteiger partial charge >= 0.3 is 6.18 Å². The van der Waals surface area contributed by atoms with Gasteiger partial charge in [-0.1, -0.05) is 25.0 Å². The molecule has 34 heavy (non-hydrogen) atoms. The molecule has 10 heteroatoms. The number of likely N-dealkylation sites (tertiary alicyclic amines) is 1. The molecule has 1 aliphatic carbocycles. The van der Waals surface area contributed by atoms with Crippen LogP contribution in [-0.4, -0.2) is 50.9 Å². The molecule has 1 aliphatic heterocycles. The summed E-state index contributed by atoms with van der Waals surface area (Å²) in [5.41, 5.74) is -0.580. The van der Waals surface area contributed by atoms with E-state index >= 15 is 0 Å². The summed E-state index contributed by atoms with van der Waals surface area (Å²) in [5, 5.41) is 6.20. The summed E-state index contributed by atoms with van der Waals surface area (Å²) in [5.74, 6) is 0.0101. The highest BCUT2D eigenvalue weighted by Crippen LogP contribution is 2.32. The third-order valence-corrected chi connectivity index (χ3v) is 7.24. The number of nitrogens with zero attached hydrogens (tertiary/aromatic N) is 4. The Hall–Kier alpha value is -2.72. The maximum absolute atomic E-state index is 13.3. The standard InChI is InChI=1S/C24H25F3N4O2S/c25-24(26,27)16-5-3-6-17(15-16)31-22(20-9-4-14-34-20)28-21(29-31)23(32)30-12-10-19(11-13-30)33-18-7-1-2-8-18/h3-6,9,14-15,18-19H,1-2,7-8,10-13H2. The van der Waals surface area contributed by atoms with Gasteiger partial charge in [-0.2, -0.15) is 13.2 Å². The summed E-state index contributed by atoms with van der Waals surface area (Å²) >= 11 is 1.38. The van der Waals surface area contributed by atoms with Crippen molar-refractivity contribution in [1.29, 1.82) is 0 Å². The second kappa shape index (κ2) is 9.50. The van der Waals surface area contributed by atoms with Gasteiger partial charge in [-0.15, -0.1) is 16.4 Å². The molecular weight excluding hydrogens is 465 g/mol. The summed E-state index contributed by atoms with van der Waals surface area (Å²) < 4.78 is 47.4. The zero-order valence-corrected chi connectivity index (χ0v) is 19.3. The number of halogens is 3. The highest BCUT2D eigenvalue weighted by molar-refractivity contribution is 7.13. The van der Waals surface area contributed by atoms with E-state index in [1.807, 2.05) is 11.4 Å². The Morgan fingerprint density at radius 2 is 1.76 bits per heavy atom. The highest BCUT2D eigenvalue weighted by atomic mass is 32.1. The van der Waals surface area contributed by atoms with E-state index < -0.39 is 11.7 Å². The van der Waals surface area contributed by atoms with Crippen molar-refractivity contribution < 1.29 is 22.7 Å². The number of hydrogen-bond donors (Lipinski definition) is 0. The quantitative estimate of drug-likeness (QED) is 0.469. The minimum Gasteiger partial charge on any atom is -0.375 e. The Morgan fingerprint density at radius 3 is 2.44 bits per heavy atom. The molecule has 0 spiro atoms. The molecule has 6 nitrogen and oxygen atoms in total. The van der Waals surface area contributed by atoms with Crippen molar-refractivity contribution >= 4 is 17.2 Å². The minimum atomic E-state index is -4.48. The Labute approximate surface area is 199 Å². The molecule has 2 aromatic heterocycles. The van der Waals surface area contributed by atoms with E-state index in [9.17, 15) is 18.0 Å². The fourth-order valence-corrected chi connectivity index (χ4v) is 5.29. The lowest BCUT2D eigenvalue weighted by molar-refractivity contribution is -0.137. The van der Waals surface area contributed by atoms with Crippen LogP contribution in [0.15, 0.2) is 41.8 Å². The van der Waals surface area contributed by atoms with Crippen LogP contribution >= 0.6 is 11.3 Å². The fourth-order valence-electron chi connectivity index (χ4n) is 4.59. The van der Waals surface area contributed by atoms with Crippen LogP contribution in [0.25, 0.3) is 16.4 Å². The number of thiophene rings is 1. The Bertz CT molecular complexity index is 1130. The van der Waals surface area contributed by atoms with Gasteiger partial charge in [-0.05, 0) is 55.3 Å². The summed E-state index contributed by atoms with van der Waals surface area (Å²) in [6, 6.07) is 8.51. The van der Waals surface area contributed by atoms with E-state index in [4.69, 9.17) is 4.74 Å². The molecule has 0 bridgehead atoms. The maximum Gasteiger partial charge on any atom is 0.416 e. The van der Waals surface area contributed by atoms with Crippen molar-refractivity contribution in [2.24, 2.45) is 0 Å². The van der Waals surface area contributed by atoms with Crippen LogP contribution in [0.1, 0.15) is 54.7 Å². The average Bonchev–Trinajstić information content (AvgIpc) is 3.60. The monoisotopic (exact) mass is 490 g/mol. The number of ether oxygens (including phenoxy) is 1. The maximum atomic E-state index is 13.3. The number of benzene rings is 1. The molecule has 5 rings (SSSR count). The van der Waals surface area contributed by atoms with Crippen LogP contribution in [0.4, 0.5) is 13.2 Å². The molecule has 0 N–H and O–H groups in total. The van der Waals surface area contributed by atoms with E-state index in [1.54, 1.807) is 11.0 Å². The van der Waals surface area contributed by atoms with Gasteiger partial charge in [0.2, 0.25) is 5.82 Å². The number of rotatable bonds is 5. The number of alkyl halides is 3. The van der Waals surface area contributed by atoms with Crippen molar-refractivity contribution in [3.63, 3.8) is 0 Å². The van der Waals surface area contributed by atoms with Crippen molar-refractivity contribution in [2.45, 2.75) is 56.9 Å². The van der Waals surface area contributed by atoms with Crippen molar-refractivity contribution in [1.82, 2.24) is 19.7 Å². The molecule has 180 valence electrons. The van der Waals surface area contributed by atoms with Crippen LogP contribution in [0, 0.1) is 0 Å². The third-order valence-electron chi connectivity index (χ3n) is 6.37. The Kier molecular flexibility index (Phi) is 6.44. The van der Waals surface area contributed by atoms with Gasteiger partial charge in [0.15, 0.2) is 5.82 Å². The van der Waals surface area contributed by atoms with E-state index in [2.05, 4.69) is 10.1 Å². The molecule has 0 unspecified atom stereocenters. The SMILES string of the molecule is O=C(c1nc(-c2cccs2)n(-c2cccc(C(F)(F)F)c2)n1)N1CCC(OC2CCCC2)CC1. The first-order valence-corrected chi connectivity index (χ1v) is 12.4. The van der Waals surface area contributed by atoms with Crippen LogP contribution in [-0.2, 0) is 10.9 Å². The van der Waals surface area contributed by atoms with Crippen LogP contribution in [0.5, 0.6) is 0 Å². The zero-order chi connectivity index (χ0) is 23.7. The van der Waals surface area contributed by atoms with Gasteiger partial charge in [0, 0.05) is 13.1 Å². The number of carbonyl (C=O) groups excluding carboxylic acids is 1. The molecule has 1 aromatic carbocycles. The lowest BCUT2D eigenvalue weighted by Crippen LogP contribution is -2.42. The average molecular weight is 491 g/mol. The van der Waals surface area contributed by atoms with Crippen molar-refractivity contribution in [3.05, 3.63) is 53.2 Å². The van der Waals surface area contributed by atoms with Crippen molar-refractivity contribution in [2.75, 3.05) is 13.1 Å². The molecule has 3 aromatic rings. The second-order valence-electron chi connectivity index (χ2n) is 8.73. The van der Waals surface area contributed by atoms with Gasteiger partial charge in [-0.25, -0.2) is 9.67 Å². The fraction of sp³-hybridized carbons (Fsp3) is 0.458. The van der Waals surface area contributed by atoms with Crippen molar-refractivity contribution in [3.8, 4) is 16.4 Å². The molecule has 1 saturated carbocycles.